The summed E-state index contributed by atoms with van der Waals surface area (Å²) in [6.45, 7) is 0. The van der Waals surface area contributed by atoms with E-state index in [1.165, 1.54) is 18.6 Å². The molecule has 0 radical (unpaired) electrons. The summed E-state index contributed by atoms with van der Waals surface area (Å²) in [5.41, 5.74) is 7.04. The minimum atomic E-state index is -0.462. The smallest absolute Gasteiger partial charge is 0.276 e. The fourth-order valence-electron chi connectivity index (χ4n) is 1.56. The molecule has 0 aromatic carbocycles. The van der Waals surface area contributed by atoms with Gasteiger partial charge in [0.15, 0.2) is 10.8 Å². The van der Waals surface area contributed by atoms with E-state index in [9.17, 15) is 4.79 Å². The molecule has 3 aromatic heterocycles. The van der Waals surface area contributed by atoms with Crippen molar-refractivity contribution in [3.05, 3.63) is 35.5 Å². The van der Waals surface area contributed by atoms with E-state index in [2.05, 4.69) is 30.2 Å². The van der Waals surface area contributed by atoms with E-state index < -0.39 is 5.91 Å². The van der Waals surface area contributed by atoms with Crippen LogP contribution in [0.2, 0.25) is 5.15 Å². The average molecular weight is 290 g/mol. The Hall–Kier alpha value is -2.74. The van der Waals surface area contributed by atoms with Crippen molar-refractivity contribution in [1.82, 2.24) is 24.9 Å². The normalized spacial score (nSPS) is 10.7. The number of nitrogen functional groups attached to an aromatic ring is 1. The predicted molar refractivity (Wildman–Crippen MR) is 73.3 cm³/mol. The highest BCUT2D eigenvalue weighted by molar-refractivity contribution is 6.33. The molecule has 0 fully saturated rings. The third-order valence-corrected chi connectivity index (χ3v) is 2.76. The average Bonchev–Trinajstić information content (AvgIpc) is 2.88. The zero-order valence-electron chi connectivity index (χ0n) is 9.96. The van der Waals surface area contributed by atoms with Gasteiger partial charge >= 0.3 is 0 Å². The Morgan fingerprint density at radius 2 is 2.15 bits per heavy atom. The lowest BCUT2D eigenvalue weighted by atomic mass is 10.3. The van der Waals surface area contributed by atoms with Gasteiger partial charge in [-0.15, -0.1) is 0 Å². The topological polar surface area (TPSA) is 122 Å². The molecule has 4 N–H and O–H groups in total. The van der Waals surface area contributed by atoms with Gasteiger partial charge in [0, 0.05) is 0 Å². The Balaban J connectivity index is 1.88. The third kappa shape index (κ3) is 2.24. The Labute approximate surface area is 117 Å². The van der Waals surface area contributed by atoms with Crippen LogP contribution in [0.1, 0.15) is 10.5 Å². The van der Waals surface area contributed by atoms with Gasteiger partial charge in [0.2, 0.25) is 5.95 Å². The van der Waals surface area contributed by atoms with Crippen molar-refractivity contribution in [3.8, 4) is 0 Å². The van der Waals surface area contributed by atoms with Crippen LogP contribution in [0.5, 0.6) is 0 Å². The lowest BCUT2D eigenvalue weighted by Crippen LogP contribution is -2.15. The van der Waals surface area contributed by atoms with E-state index in [4.69, 9.17) is 17.3 Å². The summed E-state index contributed by atoms with van der Waals surface area (Å²) in [5.74, 6) is -0.408. The molecule has 0 unspecified atom stereocenters. The number of aromatic nitrogens is 5. The molecule has 100 valence electrons. The van der Waals surface area contributed by atoms with E-state index >= 15 is 0 Å². The Morgan fingerprint density at radius 3 is 2.90 bits per heavy atom. The zero-order chi connectivity index (χ0) is 14.1. The number of nitrogens with zero attached hydrogens (tertiary/aromatic N) is 4. The number of nitrogens with one attached hydrogen (secondary N) is 2. The van der Waals surface area contributed by atoms with Gasteiger partial charge in [-0.2, -0.15) is 9.97 Å². The number of hydrogen-bond donors (Lipinski definition) is 3. The number of hydrogen-bond acceptors (Lipinski definition) is 6. The van der Waals surface area contributed by atoms with E-state index in [1.54, 1.807) is 6.07 Å². The second kappa shape index (κ2) is 4.74. The molecular weight excluding hydrogens is 282 g/mol. The highest BCUT2D eigenvalue weighted by Crippen LogP contribution is 2.18. The first-order valence-corrected chi connectivity index (χ1v) is 5.91. The van der Waals surface area contributed by atoms with Crippen LogP contribution in [-0.4, -0.2) is 30.8 Å². The van der Waals surface area contributed by atoms with Crippen molar-refractivity contribution in [2.24, 2.45) is 0 Å². The molecule has 1 amide bonds. The van der Waals surface area contributed by atoms with Gasteiger partial charge in [-0.05, 0) is 12.1 Å². The van der Waals surface area contributed by atoms with Gasteiger partial charge < -0.3 is 10.7 Å². The lowest BCUT2D eigenvalue weighted by Gasteiger charge is -2.03. The van der Waals surface area contributed by atoms with Crippen LogP contribution in [0.15, 0.2) is 24.7 Å². The lowest BCUT2D eigenvalue weighted by molar-refractivity contribution is 0.102. The number of carbonyl (C=O) groups excluding carboxylic acids is 1. The third-order valence-electron chi connectivity index (χ3n) is 2.49. The number of halogens is 1. The van der Waals surface area contributed by atoms with Gasteiger partial charge in [0.05, 0.1) is 18.2 Å². The maximum Gasteiger partial charge on any atom is 0.276 e. The van der Waals surface area contributed by atoms with Crippen LogP contribution in [0.3, 0.4) is 0 Å². The van der Waals surface area contributed by atoms with Crippen molar-refractivity contribution in [3.63, 3.8) is 0 Å². The molecule has 0 bridgehead atoms. The summed E-state index contributed by atoms with van der Waals surface area (Å²) in [6, 6.07) is 3.08. The fraction of sp³-hybridized carbons (Fsp3) is 0. The number of H-pyrrole nitrogens is 1. The summed E-state index contributed by atoms with van der Waals surface area (Å²) in [7, 11) is 0. The SMILES string of the molecule is Nc1ccc(C(=O)Nc2nc(Cl)c3[nH]cnc3n2)nc1. The Morgan fingerprint density at radius 1 is 1.30 bits per heavy atom. The fourth-order valence-corrected chi connectivity index (χ4v) is 1.78. The van der Waals surface area contributed by atoms with Crippen molar-refractivity contribution in [2.45, 2.75) is 0 Å². The molecule has 0 aliphatic carbocycles. The molecule has 20 heavy (non-hydrogen) atoms. The van der Waals surface area contributed by atoms with Crippen molar-refractivity contribution in [2.75, 3.05) is 11.1 Å². The van der Waals surface area contributed by atoms with Gasteiger partial charge in [0.25, 0.3) is 5.91 Å². The minimum Gasteiger partial charge on any atom is -0.397 e. The maximum atomic E-state index is 11.9. The summed E-state index contributed by atoms with van der Waals surface area (Å²) in [6.07, 6.45) is 2.83. The van der Waals surface area contributed by atoms with Crippen LogP contribution in [-0.2, 0) is 0 Å². The van der Waals surface area contributed by atoms with Gasteiger partial charge in [-0.3, -0.25) is 10.1 Å². The van der Waals surface area contributed by atoms with Crippen LogP contribution in [0.25, 0.3) is 11.2 Å². The largest absolute Gasteiger partial charge is 0.397 e. The van der Waals surface area contributed by atoms with Crippen LogP contribution in [0.4, 0.5) is 11.6 Å². The highest BCUT2D eigenvalue weighted by Gasteiger charge is 2.12. The number of carbonyl (C=O) groups is 1. The van der Waals surface area contributed by atoms with Crippen molar-refractivity contribution < 1.29 is 4.79 Å². The van der Waals surface area contributed by atoms with Gasteiger partial charge in [0.1, 0.15) is 11.2 Å². The first kappa shape index (κ1) is 12.3. The number of nitrogens with two attached hydrogens (primary N) is 1. The first-order chi connectivity index (χ1) is 9.63. The summed E-state index contributed by atoms with van der Waals surface area (Å²) in [5, 5.41) is 2.67. The Kier molecular flexibility index (Phi) is 2.92. The number of pyridine rings is 1. The number of anilines is 2. The summed E-state index contributed by atoms with van der Waals surface area (Å²) in [4.78, 5) is 30.6. The number of imidazole rings is 1. The van der Waals surface area contributed by atoms with E-state index in [-0.39, 0.29) is 16.8 Å². The quantitative estimate of drug-likeness (QED) is 0.610. The van der Waals surface area contributed by atoms with Crippen molar-refractivity contribution in [1.29, 1.82) is 0 Å². The standard InChI is InChI=1S/C11H8ClN7O/c12-8-7-9(16-4-15-7)18-11(17-8)19-10(20)6-2-1-5(13)3-14-6/h1-4H,13H2,(H2,15,16,17,18,19,20). The highest BCUT2D eigenvalue weighted by atomic mass is 35.5. The van der Waals surface area contributed by atoms with E-state index in [0.717, 1.165) is 0 Å². The summed E-state index contributed by atoms with van der Waals surface area (Å²) >= 11 is 5.95. The van der Waals surface area contributed by atoms with E-state index in [0.29, 0.717) is 16.9 Å². The molecule has 0 atom stereocenters. The number of fused-ring (bicyclic) bond motifs is 1. The number of rotatable bonds is 2. The monoisotopic (exact) mass is 289 g/mol. The van der Waals surface area contributed by atoms with E-state index in [1.807, 2.05) is 0 Å². The first-order valence-electron chi connectivity index (χ1n) is 5.53. The second-order valence-electron chi connectivity index (χ2n) is 3.87. The predicted octanol–water partition coefficient (Wildman–Crippen LogP) is 1.24. The molecule has 9 heteroatoms. The van der Waals surface area contributed by atoms with Gasteiger partial charge in [-0.25, -0.2) is 9.97 Å². The van der Waals surface area contributed by atoms with Crippen LogP contribution >= 0.6 is 11.6 Å². The molecular formula is C11H8ClN7O. The van der Waals surface area contributed by atoms with Crippen molar-refractivity contribution >= 4 is 40.3 Å². The molecule has 3 aromatic rings. The minimum absolute atomic E-state index is 0.0539. The molecule has 0 saturated carbocycles. The summed E-state index contributed by atoms with van der Waals surface area (Å²) < 4.78 is 0. The number of aromatic amines is 1. The van der Waals surface area contributed by atoms with Gasteiger partial charge in [-0.1, -0.05) is 11.6 Å². The number of amides is 1. The second-order valence-corrected chi connectivity index (χ2v) is 4.23. The molecule has 0 aliphatic heterocycles. The van der Waals surface area contributed by atoms with Crippen LogP contribution < -0.4 is 11.1 Å². The molecule has 0 aliphatic rings. The van der Waals surface area contributed by atoms with Crippen LogP contribution in [0, 0.1) is 0 Å². The Bertz CT molecular complexity index is 783. The molecule has 0 saturated heterocycles. The zero-order valence-corrected chi connectivity index (χ0v) is 10.7. The maximum absolute atomic E-state index is 11.9. The molecule has 8 nitrogen and oxygen atoms in total. The molecule has 0 spiro atoms. The molecule has 3 heterocycles. The molecule has 3 rings (SSSR count).